The number of esters is 1. The minimum absolute atomic E-state index is 0.118. The Morgan fingerprint density at radius 3 is 2.31 bits per heavy atom. The maximum atomic E-state index is 12.5. The number of hydrogen-bond donors (Lipinski definition) is 1. The van der Waals surface area contributed by atoms with E-state index in [1.165, 1.54) is 52.8 Å². The van der Waals surface area contributed by atoms with Gasteiger partial charge in [-0.05, 0) is 49.4 Å². The van der Waals surface area contributed by atoms with E-state index >= 15 is 0 Å². The van der Waals surface area contributed by atoms with Crippen LogP contribution in [0, 0.1) is 0 Å². The standard InChI is InChI=1S/C20H21ClN2O5S/c1-4-12-23(29(3,26)27)16-9-6-14(7-10-16)19(24)22-18-11-8-15(13-17(18)21)20(25)28-5-2/h4,6-11,13H,1,5,12H2,2-3H3,(H,22,24). The lowest BCUT2D eigenvalue weighted by molar-refractivity contribution is 0.0526. The number of nitrogens with zero attached hydrogens (tertiary/aromatic N) is 1. The summed E-state index contributed by atoms with van der Waals surface area (Å²) in [5, 5.41) is 2.85. The Kier molecular flexibility index (Phi) is 7.41. The van der Waals surface area contributed by atoms with Gasteiger partial charge in [0, 0.05) is 5.56 Å². The molecular formula is C20H21ClN2O5S. The number of rotatable bonds is 8. The number of hydrogen-bond acceptors (Lipinski definition) is 5. The lowest BCUT2D eigenvalue weighted by Crippen LogP contribution is -2.29. The smallest absolute Gasteiger partial charge is 0.338 e. The number of nitrogens with one attached hydrogen (secondary N) is 1. The van der Waals surface area contributed by atoms with Crippen molar-refractivity contribution in [2.45, 2.75) is 6.92 Å². The van der Waals surface area contributed by atoms with Crippen molar-refractivity contribution in [3.8, 4) is 0 Å². The Morgan fingerprint density at radius 2 is 1.79 bits per heavy atom. The number of carbonyl (C=O) groups excluding carboxylic acids is 2. The van der Waals surface area contributed by atoms with E-state index in [9.17, 15) is 18.0 Å². The molecule has 0 bridgehead atoms. The minimum Gasteiger partial charge on any atom is -0.462 e. The lowest BCUT2D eigenvalue weighted by Gasteiger charge is -2.20. The highest BCUT2D eigenvalue weighted by Gasteiger charge is 2.17. The molecule has 0 heterocycles. The molecule has 0 aliphatic heterocycles. The van der Waals surface area contributed by atoms with Gasteiger partial charge in [0.05, 0.1) is 41.4 Å². The van der Waals surface area contributed by atoms with E-state index in [-0.39, 0.29) is 23.7 Å². The average Bonchev–Trinajstić information content (AvgIpc) is 2.67. The molecule has 1 amide bonds. The molecule has 9 heteroatoms. The first-order valence-electron chi connectivity index (χ1n) is 8.64. The van der Waals surface area contributed by atoms with Crippen molar-refractivity contribution in [3.05, 3.63) is 71.3 Å². The van der Waals surface area contributed by atoms with Gasteiger partial charge in [-0.15, -0.1) is 6.58 Å². The van der Waals surface area contributed by atoms with Crippen LogP contribution in [-0.2, 0) is 14.8 Å². The lowest BCUT2D eigenvalue weighted by atomic mass is 10.1. The SMILES string of the molecule is C=CCN(c1ccc(C(=O)Nc2ccc(C(=O)OCC)cc2Cl)cc1)S(C)(=O)=O. The molecule has 0 saturated carbocycles. The molecule has 0 saturated heterocycles. The third-order valence-corrected chi connectivity index (χ3v) is 5.31. The van der Waals surface area contributed by atoms with Gasteiger partial charge in [0.25, 0.3) is 5.91 Å². The summed E-state index contributed by atoms with van der Waals surface area (Å²) in [4.78, 5) is 24.2. The molecule has 0 fully saturated rings. The van der Waals surface area contributed by atoms with E-state index in [0.29, 0.717) is 16.9 Å². The number of sulfonamides is 1. The van der Waals surface area contributed by atoms with Gasteiger partial charge in [-0.25, -0.2) is 13.2 Å². The molecule has 0 aromatic heterocycles. The van der Waals surface area contributed by atoms with Crippen LogP contribution in [0.2, 0.25) is 5.02 Å². The van der Waals surface area contributed by atoms with Crippen molar-refractivity contribution in [1.29, 1.82) is 0 Å². The Bertz CT molecular complexity index is 1020. The molecule has 29 heavy (non-hydrogen) atoms. The zero-order chi connectivity index (χ0) is 21.6. The summed E-state index contributed by atoms with van der Waals surface area (Å²) in [6.45, 7) is 5.62. The molecule has 7 nitrogen and oxygen atoms in total. The first-order chi connectivity index (χ1) is 13.7. The minimum atomic E-state index is -3.48. The van der Waals surface area contributed by atoms with Crippen LogP contribution in [0.1, 0.15) is 27.6 Å². The van der Waals surface area contributed by atoms with Crippen molar-refractivity contribution in [2.75, 3.05) is 29.0 Å². The van der Waals surface area contributed by atoms with Crippen molar-refractivity contribution < 1.29 is 22.7 Å². The molecule has 0 aliphatic rings. The fourth-order valence-electron chi connectivity index (χ4n) is 2.48. The maximum Gasteiger partial charge on any atom is 0.338 e. The zero-order valence-corrected chi connectivity index (χ0v) is 17.6. The molecule has 2 aromatic rings. The van der Waals surface area contributed by atoms with Gasteiger partial charge in [0.1, 0.15) is 0 Å². The molecule has 0 atom stereocenters. The summed E-state index contributed by atoms with van der Waals surface area (Å²) in [7, 11) is -3.48. The largest absolute Gasteiger partial charge is 0.462 e. The Morgan fingerprint density at radius 1 is 1.17 bits per heavy atom. The van der Waals surface area contributed by atoms with Crippen molar-refractivity contribution in [3.63, 3.8) is 0 Å². The quantitative estimate of drug-likeness (QED) is 0.502. The fourth-order valence-corrected chi connectivity index (χ4v) is 3.59. The molecule has 2 aromatic carbocycles. The molecular weight excluding hydrogens is 416 g/mol. The van der Waals surface area contributed by atoms with Gasteiger partial charge in [-0.1, -0.05) is 17.7 Å². The number of amides is 1. The fraction of sp³-hybridized carbons (Fsp3) is 0.200. The summed E-state index contributed by atoms with van der Waals surface area (Å²) < 4.78 is 29.9. The summed E-state index contributed by atoms with van der Waals surface area (Å²) >= 11 is 6.15. The van der Waals surface area contributed by atoms with Gasteiger partial charge in [-0.3, -0.25) is 9.10 Å². The second-order valence-corrected chi connectivity index (χ2v) is 8.31. The van der Waals surface area contributed by atoms with E-state index in [2.05, 4.69) is 11.9 Å². The molecule has 1 N–H and O–H groups in total. The Hall–Kier alpha value is -2.84. The van der Waals surface area contributed by atoms with Gasteiger partial charge in [-0.2, -0.15) is 0 Å². The van der Waals surface area contributed by atoms with Gasteiger partial charge >= 0.3 is 5.97 Å². The average molecular weight is 437 g/mol. The first kappa shape index (κ1) is 22.4. The first-order valence-corrected chi connectivity index (χ1v) is 10.9. The van der Waals surface area contributed by atoms with E-state index < -0.39 is 21.9 Å². The third-order valence-electron chi connectivity index (χ3n) is 3.84. The van der Waals surface area contributed by atoms with Crippen LogP contribution in [0.25, 0.3) is 0 Å². The Balaban J connectivity index is 2.17. The summed E-state index contributed by atoms with van der Waals surface area (Å²) in [5.41, 5.74) is 1.34. The van der Waals surface area contributed by atoms with E-state index in [0.717, 1.165) is 6.26 Å². The predicted octanol–water partition coefficient (Wildman–Crippen LogP) is 3.72. The zero-order valence-electron chi connectivity index (χ0n) is 16.0. The van der Waals surface area contributed by atoms with Gasteiger partial charge in [0.15, 0.2) is 0 Å². The second kappa shape index (κ2) is 9.58. The van der Waals surface area contributed by atoms with Gasteiger partial charge in [0.2, 0.25) is 10.0 Å². The highest BCUT2D eigenvalue weighted by atomic mass is 35.5. The molecule has 0 radical (unpaired) electrons. The monoisotopic (exact) mass is 436 g/mol. The number of ether oxygens (including phenoxy) is 1. The highest BCUT2D eigenvalue weighted by molar-refractivity contribution is 7.92. The number of anilines is 2. The number of halogens is 1. The van der Waals surface area contributed by atoms with Crippen molar-refractivity contribution in [1.82, 2.24) is 0 Å². The molecule has 2 rings (SSSR count). The van der Waals surface area contributed by atoms with Gasteiger partial charge < -0.3 is 10.1 Å². The maximum absolute atomic E-state index is 12.5. The third kappa shape index (κ3) is 5.82. The molecule has 0 unspecified atom stereocenters. The highest BCUT2D eigenvalue weighted by Crippen LogP contribution is 2.25. The second-order valence-electron chi connectivity index (χ2n) is 6.00. The topological polar surface area (TPSA) is 92.8 Å². The Labute approximate surface area is 175 Å². The van der Waals surface area contributed by atoms with E-state index in [4.69, 9.17) is 16.3 Å². The number of carbonyl (C=O) groups is 2. The van der Waals surface area contributed by atoms with E-state index in [1.54, 1.807) is 6.92 Å². The van der Waals surface area contributed by atoms with Crippen LogP contribution in [0.3, 0.4) is 0 Å². The van der Waals surface area contributed by atoms with E-state index in [1.807, 2.05) is 0 Å². The normalized spacial score (nSPS) is 10.9. The molecule has 0 spiro atoms. The van der Waals surface area contributed by atoms with Crippen molar-refractivity contribution >= 4 is 44.9 Å². The summed E-state index contributed by atoms with van der Waals surface area (Å²) in [6, 6.07) is 10.5. The summed E-state index contributed by atoms with van der Waals surface area (Å²) in [5.74, 6) is -0.935. The van der Waals surface area contributed by atoms with Crippen molar-refractivity contribution in [2.24, 2.45) is 0 Å². The number of benzene rings is 2. The van der Waals surface area contributed by atoms with Crippen LogP contribution in [-0.4, -0.2) is 39.7 Å². The molecule has 0 aliphatic carbocycles. The van der Waals surface area contributed by atoms with Crippen LogP contribution in [0.4, 0.5) is 11.4 Å². The van der Waals surface area contributed by atoms with Crippen LogP contribution in [0.15, 0.2) is 55.1 Å². The van der Waals surface area contributed by atoms with Crippen LogP contribution < -0.4 is 9.62 Å². The van der Waals surface area contributed by atoms with Crippen LogP contribution in [0.5, 0.6) is 0 Å². The molecule has 154 valence electrons. The summed E-state index contributed by atoms with van der Waals surface area (Å²) in [6.07, 6.45) is 2.57. The van der Waals surface area contributed by atoms with Crippen LogP contribution >= 0.6 is 11.6 Å². The predicted molar refractivity (Wildman–Crippen MR) is 114 cm³/mol.